The van der Waals surface area contributed by atoms with Crippen molar-refractivity contribution in [1.82, 2.24) is 74.8 Å². The molecule has 0 spiro atoms. The molecule has 12 heterocycles. The molecule has 16 aromatic rings. The first kappa shape index (κ1) is 38.5. The zero-order valence-electron chi connectivity index (χ0n) is 37.3. The molecule has 0 aliphatic rings. The number of nitrogens with zero attached hydrogens (tertiary/aromatic N) is 15. The van der Waals surface area contributed by atoms with E-state index in [0.717, 1.165) is 104 Å². The molecule has 0 N–H and O–H groups in total. The Labute approximate surface area is 403 Å². The highest BCUT2D eigenvalue weighted by Crippen LogP contribution is 2.42. The van der Waals surface area contributed by atoms with Gasteiger partial charge in [-0.05, 0) is 84.4 Å². The summed E-state index contributed by atoms with van der Waals surface area (Å²) in [5.74, 6) is 0. The van der Waals surface area contributed by atoms with Gasteiger partial charge < -0.3 is 0 Å². The lowest BCUT2D eigenvalue weighted by atomic mass is 9.95. The minimum absolute atomic E-state index is 0.567. The number of fused-ring (bicyclic) bond motifs is 24. The van der Waals surface area contributed by atoms with Gasteiger partial charge in [-0.25, -0.2) is 15.0 Å². The largest absolute Gasteiger partial charge is 0.255 e. The fourth-order valence-electron chi connectivity index (χ4n) is 10.5. The molecule has 4 aromatic carbocycles. The van der Waals surface area contributed by atoms with Crippen LogP contribution in [0.25, 0.3) is 165 Å². The Morgan fingerprint density at radius 1 is 0.194 bits per heavy atom. The van der Waals surface area contributed by atoms with Crippen molar-refractivity contribution in [3.8, 4) is 33.6 Å². The fraction of sp³-hybridized carbons (Fsp3) is 0. The van der Waals surface area contributed by atoms with Gasteiger partial charge in [-0.2, -0.15) is 0 Å². The Morgan fingerprint density at radius 3 is 1.24 bits per heavy atom. The molecule has 0 fully saturated rings. The lowest BCUT2D eigenvalue weighted by Gasteiger charge is -2.15. The van der Waals surface area contributed by atoms with Gasteiger partial charge in [-0.15, -0.1) is 0 Å². The van der Waals surface area contributed by atoms with E-state index in [9.17, 15) is 0 Å². The summed E-state index contributed by atoms with van der Waals surface area (Å²) in [5.41, 5.74) is 15.9. The van der Waals surface area contributed by atoms with Crippen LogP contribution in [-0.4, -0.2) is 74.8 Å². The van der Waals surface area contributed by atoms with E-state index in [1.54, 1.807) is 43.4 Å². The molecule has 0 unspecified atom stereocenters. The van der Waals surface area contributed by atoms with Crippen LogP contribution in [0.1, 0.15) is 0 Å². The van der Waals surface area contributed by atoms with E-state index in [2.05, 4.69) is 56.3 Å². The van der Waals surface area contributed by atoms with E-state index in [-0.39, 0.29) is 0 Å². The predicted molar refractivity (Wildman–Crippen MR) is 280 cm³/mol. The second-order valence-electron chi connectivity index (χ2n) is 17.6. The van der Waals surface area contributed by atoms with E-state index in [1.807, 2.05) is 85.6 Å². The van der Waals surface area contributed by atoms with Crippen LogP contribution in [0, 0.1) is 0 Å². The zero-order chi connectivity index (χ0) is 47.0. The van der Waals surface area contributed by atoms with Crippen molar-refractivity contribution >= 4 is 131 Å². The Hall–Kier alpha value is -10.4. The normalized spacial score (nSPS) is 12.2. The highest BCUT2D eigenvalue weighted by atomic mass is 14.9. The quantitative estimate of drug-likeness (QED) is 0.120. The van der Waals surface area contributed by atoms with Crippen molar-refractivity contribution in [3.63, 3.8) is 0 Å². The second kappa shape index (κ2) is 14.6. The van der Waals surface area contributed by atoms with Gasteiger partial charge in [0.25, 0.3) is 0 Å². The molecule has 0 radical (unpaired) electrons. The van der Waals surface area contributed by atoms with Gasteiger partial charge in [0, 0.05) is 134 Å². The highest BCUT2D eigenvalue weighted by Gasteiger charge is 2.22. The number of hydrogen-bond acceptors (Lipinski definition) is 15. The molecule has 0 saturated carbocycles. The fourth-order valence-corrected chi connectivity index (χ4v) is 10.5. The maximum absolute atomic E-state index is 5.61. The van der Waals surface area contributed by atoms with E-state index in [4.69, 9.17) is 54.8 Å². The van der Waals surface area contributed by atoms with Crippen molar-refractivity contribution < 1.29 is 0 Å². The third-order valence-corrected chi connectivity index (χ3v) is 13.7. The number of hydrogen-bond donors (Lipinski definition) is 0. The molecule has 330 valence electrons. The van der Waals surface area contributed by atoms with Gasteiger partial charge in [0.1, 0.15) is 33.1 Å². The van der Waals surface area contributed by atoms with Gasteiger partial charge in [-0.1, -0.05) is 12.1 Å². The monoisotopic (exact) mass is 921 g/mol. The maximum atomic E-state index is 5.61. The van der Waals surface area contributed by atoms with Crippen molar-refractivity contribution in [1.29, 1.82) is 0 Å². The molecular formula is C57H27N15. The molecule has 0 aliphatic carbocycles. The highest BCUT2D eigenvalue weighted by molar-refractivity contribution is 6.30. The minimum atomic E-state index is 0.567. The molecule has 0 aliphatic heterocycles. The molecule has 12 aromatic heterocycles. The predicted octanol–water partition coefficient (Wildman–Crippen LogP) is 11.5. The first-order valence-corrected chi connectivity index (χ1v) is 23.1. The topological polar surface area (TPSA) is 193 Å². The van der Waals surface area contributed by atoms with E-state index >= 15 is 0 Å². The Kier molecular flexibility index (Phi) is 7.79. The number of pyridine rings is 9. The van der Waals surface area contributed by atoms with Crippen LogP contribution in [0.4, 0.5) is 0 Å². The second-order valence-corrected chi connectivity index (χ2v) is 17.6. The Bertz CT molecular complexity index is 5070. The van der Waals surface area contributed by atoms with E-state index in [1.165, 1.54) is 0 Å². The first-order valence-electron chi connectivity index (χ1n) is 23.1. The Morgan fingerprint density at radius 2 is 0.611 bits per heavy atom. The molecule has 16 rings (SSSR count). The summed E-state index contributed by atoms with van der Waals surface area (Å²) in [6.45, 7) is 0. The Balaban J connectivity index is 0.975. The summed E-state index contributed by atoms with van der Waals surface area (Å²) in [5, 5.41) is 7.06. The van der Waals surface area contributed by atoms with Gasteiger partial charge in [0.05, 0.1) is 66.6 Å². The summed E-state index contributed by atoms with van der Waals surface area (Å²) in [7, 11) is 0. The van der Waals surface area contributed by atoms with Crippen LogP contribution in [-0.2, 0) is 0 Å². The molecule has 72 heavy (non-hydrogen) atoms. The van der Waals surface area contributed by atoms with Gasteiger partial charge in [0.15, 0.2) is 0 Å². The summed E-state index contributed by atoms with van der Waals surface area (Å²) >= 11 is 0. The zero-order valence-corrected chi connectivity index (χ0v) is 37.3. The van der Waals surface area contributed by atoms with Gasteiger partial charge in [-0.3, -0.25) is 59.8 Å². The molecule has 0 amide bonds. The molecule has 15 heteroatoms. The summed E-state index contributed by atoms with van der Waals surface area (Å²) in [6.07, 6.45) is 21.2. The summed E-state index contributed by atoms with van der Waals surface area (Å²) in [6, 6.07) is 30.5. The molecule has 0 bridgehead atoms. The average Bonchev–Trinajstić information content (AvgIpc) is 3.46. The van der Waals surface area contributed by atoms with E-state index < -0.39 is 0 Å². The number of aromatic nitrogens is 15. The maximum Gasteiger partial charge on any atom is 0.120 e. The summed E-state index contributed by atoms with van der Waals surface area (Å²) in [4.78, 5) is 74.3. The summed E-state index contributed by atoms with van der Waals surface area (Å²) < 4.78 is 0. The van der Waals surface area contributed by atoms with Gasteiger partial charge >= 0.3 is 0 Å². The molecular weight excluding hydrogens is 895 g/mol. The van der Waals surface area contributed by atoms with Gasteiger partial charge in [0.2, 0.25) is 0 Å². The van der Waals surface area contributed by atoms with Crippen molar-refractivity contribution in [2.45, 2.75) is 0 Å². The standard InChI is InChI=1S/C57H27N15/c1-2-11-58-40(9-1)41-23-28(10-15-59-41)29-20-35-37-24-36-32-6-3-12-60-44(32)45-33(7-4-13-61-45)42(36)70-43(37)38-21-30(26-68-48(38)47(35)67-25-29)31-22-39-49(69-27-31)46-34(8-5-14-62-46)50-51(39)72-57-55-53(64-17-19-66-55)52-54(56(57)71-50)65-18-16-63-52/h1-27H. The molecule has 0 atom stereocenters. The third-order valence-electron chi connectivity index (χ3n) is 13.7. The van der Waals surface area contributed by atoms with Crippen LogP contribution >= 0.6 is 0 Å². The van der Waals surface area contributed by atoms with Crippen LogP contribution in [0.5, 0.6) is 0 Å². The molecule has 0 saturated heterocycles. The smallest absolute Gasteiger partial charge is 0.120 e. The van der Waals surface area contributed by atoms with Crippen molar-refractivity contribution in [2.24, 2.45) is 0 Å². The van der Waals surface area contributed by atoms with Crippen molar-refractivity contribution in [3.05, 3.63) is 165 Å². The minimum Gasteiger partial charge on any atom is -0.255 e. The van der Waals surface area contributed by atoms with Crippen molar-refractivity contribution in [2.75, 3.05) is 0 Å². The van der Waals surface area contributed by atoms with E-state index in [0.29, 0.717) is 60.7 Å². The lowest BCUT2D eigenvalue weighted by molar-refractivity contribution is 1.25. The van der Waals surface area contributed by atoms with Crippen LogP contribution in [0.15, 0.2) is 165 Å². The number of benzene rings is 4. The SMILES string of the molecule is c1ccc(-c2cc(-c3cnc4c(c3)c3cc5c6cccnc6c6ncccc6c5nc3c3cc(-c5cnc6c(c5)c5nc7c8nccnc8c8nccnc8c7nc5c5cccnc56)cnc34)ccn2)nc1. The van der Waals surface area contributed by atoms with Crippen LogP contribution in [0.3, 0.4) is 0 Å². The number of rotatable bonds is 3. The molecule has 15 nitrogen and oxygen atoms in total. The van der Waals surface area contributed by atoms with Crippen LogP contribution < -0.4 is 0 Å². The lowest BCUT2D eigenvalue weighted by Crippen LogP contribution is -1.99. The average molecular weight is 922 g/mol. The third kappa shape index (κ3) is 5.46. The first-order chi connectivity index (χ1) is 35.7. The van der Waals surface area contributed by atoms with Crippen LogP contribution in [0.2, 0.25) is 0 Å².